The van der Waals surface area contributed by atoms with Crippen LogP contribution in [0.1, 0.15) is 172 Å². The lowest BCUT2D eigenvalue weighted by atomic mass is 9.90. The second-order valence-corrected chi connectivity index (χ2v) is 37.0. The molecule has 0 bridgehead atoms. The number of fused-ring (bicyclic) bond motifs is 8. The average molecular weight is 1790 g/mol. The fourth-order valence-corrected chi connectivity index (χ4v) is 21.7. The lowest BCUT2D eigenvalue weighted by Gasteiger charge is -2.29. The smallest absolute Gasteiger partial charge is 0.227 e. The van der Waals surface area contributed by atoms with E-state index in [9.17, 15) is 33.6 Å². The van der Waals surface area contributed by atoms with Gasteiger partial charge in [0.15, 0.2) is 0 Å². The van der Waals surface area contributed by atoms with Crippen LogP contribution in [0, 0.1) is 11.8 Å². The predicted molar refractivity (Wildman–Crippen MR) is 501 cm³/mol. The summed E-state index contributed by atoms with van der Waals surface area (Å²) in [6, 6.07) is 32.7. The number of nitrogens with one attached hydrogen (secondary N) is 2. The molecule has 11 aromatic rings. The van der Waals surface area contributed by atoms with Crippen LogP contribution in [0.5, 0.6) is 0 Å². The molecule has 18 heterocycles. The van der Waals surface area contributed by atoms with Gasteiger partial charge in [-0.05, 0) is 104 Å². The van der Waals surface area contributed by atoms with Crippen LogP contribution in [0.25, 0.3) is 77.3 Å². The molecule has 7 aromatic heterocycles. The summed E-state index contributed by atoms with van der Waals surface area (Å²) in [5.41, 5.74) is 19.9. The fraction of sp³-hybridized carbons (Fsp3) is 0.485. The number of carbonyl (C=O) groups excluding carboxylic acids is 7. The molecule has 0 aliphatic carbocycles. The van der Waals surface area contributed by atoms with Gasteiger partial charge in [-0.2, -0.15) is 20.4 Å². The SMILES string of the molecule is CC(=O)N1CCc2c(c(-c3cccc4c3CC(=O)N(C)C4)nn2C2CCOCC2)C1.CC(=O)N1CCc2c(c(-c3cncc4ccccc34)nn2C2CCOCC2)C1.CNC(=O)[C@@H]1CCN(c2cc3cccc(-c4nn(C5CCOCC5)c5c4CN(C(C)=O)CC5)c3cn2)C1.CNC(=O)[C@H]1CCN(c2cc3cccc(-c4nn(C5CCOCC5)c5c4CN(C(C)=O)CC5)c3cn2)C1. The largest absolute Gasteiger partial charge is 0.381 e. The first-order valence-corrected chi connectivity index (χ1v) is 47.4. The average Bonchev–Trinajstić information content (AvgIpc) is 1.63. The lowest BCUT2D eigenvalue weighted by Crippen LogP contribution is -2.35. The Morgan fingerprint density at radius 3 is 1.11 bits per heavy atom. The minimum atomic E-state index is -0.00118. The number of pyridine rings is 3. The van der Waals surface area contributed by atoms with Gasteiger partial charge in [-0.25, -0.2) is 9.97 Å². The molecule has 0 saturated carbocycles. The third-order valence-corrected chi connectivity index (χ3v) is 29.2. The zero-order valence-corrected chi connectivity index (χ0v) is 76.9. The molecule has 7 amide bonds. The van der Waals surface area contributed by atoms with Gasteiger partial charge < -0.3 is 63.9 Å². The topological polar surface area (TPSA) is 313 Å². The van der Waals surface area contributed by atoms with Crippen LogP contribution >= 0.6 is 0 Å². The molecule has 2 atom stereocenters. The van der Waals surface area contributed by atoms with Crippen molar-refractivity contribution in [1.82, 2.24) is 89.2 Å². The highest BCUT2D eigenvalue weighted by molar-refractivity contribution is 6.00. The number of carbonyl (C=O) groups is 7. The second kappa shape index (κ2) is 38.9. The summed E-state index contributed by atoms with van der Waals surface area (Å²) in [4.78, 5) is 113. The van der Waals surface area contributed by atoms with Crippen LogP contribution in [0.2, 0.25) is 0 Å². The number of aromatic nitrogens is 11. The maximum atomic E-state index is 12.5. The summed E-state index contributed by atoms with van der Waals surface area (Å²) in [6.07, 6.45) is 20.8. The van der Waals surface area contributed by atoms with Crippen LogP contribution < -0.4 is 20.4 Å². The van der Waals surface area contributed by atoms with Gasteiger partial charge in [-0.1, -0.05) is 78.9 Å². The van der Waals surface area contributed by atoms with Crippen molar-refractivity contribution in [2.45, 2.75) is 181 Å². The third-order valence-electron chi connectivity index (χ3n) is 29.2. The van der Waals surface area contributed by atoms with E-state index in [-0.39, 0.29) is 53.2 Å². The van der Waals surface area contributed by atoms with Crippen molar-refractivity contribution in [2.24, 2.45) is 11.8 Å². The Morgan fingerprint density at radius 2 is 0.727 bits per heavy atom. The standard InChI is InChI=1S/2C28H34N6O3.C23H28N4O3.C22H24N4O2/c2*1-18(35)32-11-7-25-24(17-32)27(31-34(25)21-8-12-37-13-9-21)22-5-3-4-19-14-26(30-15-23(19)22)33-10-6-20(16-33)28(36)29-2;1-15(28)26-9-6-21-20(14-26)23(24-27(21)17-7-10-30-11-8-17)18-5-3-4-16-13-25(2)22(29)12-19(16)18;1-15(27)25-9-6-21-20(14-25)22(24-26(21)17-7-10-28-11-8-17)19-13-23-12-16-4-2-3-5-18(16)19/h2*3-5,14-15,20-21H,6-13,16-17H2,1-2H3,(H,29,36);3-5,17H,6-14H2,1-2H3;2-5,12-13,17H,6-11,14H2,1H3/t2*20-;;/m10../s1. The van der Waals surface area contributed by atoms with Gasteiger partial charge >= 0.3 is 0 Å². The lowest BCUT2D eigenvalue weighted by molar-refractivity contribution is -0.131. The van der Waals surface area contributed by atoms with Crippen LogP contribution in [0.3, 0.4) is 0 Å². The molecule has 690 valence electrons. The van der Waals surface area contributed by atoms with Crippen molar-refractivity contribution < 1.29 is 52.5 Å². The van der Waals surface area contributed by atoms with Crippen molar-refractivity contribution in [3.05, 3.63) is 172 Å². The zero-order chi connectivity index (χ0) is 91.0. The molecule has 6 saturated heterocycles. The Balaban J connectivity index is 0.000000114. The predicted octanol–water partition coefficient (Wildman–Crippen LogP) is 11.5. The van der Waals surface area contributed by atoms with Crippen LogP contribution in [-0.2, 0) is 117 Å². The van der Waals surface area contributed by atoms with E-state index in [0.717, 1.165) is 293 Å². The monoisotopic (exact) mass is 1790 g/mol. The van der Waals surface area contributed by atoms with Crippen molar-refractivity contribution in [2.75, 3.05) is 136 Å². The molecule has 31 heteroatoms. The van der Waals surface area contributed by atoms with Crippen LogP contribution in [0.4, 0.5) is 11.6 Å². The maximum absolute atomic E-state index is 12.5. The van der Waals surface area contributed by atoms with Gasteiger partial charge in [-0.15, -0.1) is 0 Å². The second-order valence-electron chi connectivity index (χ2n) is 37.0. The molecule has 0 radical (unpaired) electrons. The van der Waals surface area contributed by atoms with E-state index in [1.54, 1.807) is 46.7 Å². The van der Waals surface area contributed by atoms with Gasteiger partial charge in [0, 0.05) is 321 Å². The van der Waals surface area contributed by atoms with Gasteiger partial charge in [0.1, 0.15) is 11.6 Å². The van der Waals surface area contributed by atoms with E-state index in [0.29, 0.717) is 76.4 Å². The summed E-state index contributed by atoms with van der Waals surface area (Å²) in [6.45, 7) is 21.6. The summed E-state index contributed by atoms with van der Waals surface area (Å²) < 4.78 is 31.3. The van der Waals surface area contributed by atoms with E-state index >= 15 is 0 Å². The van der Waals surface area contributed by atoms with Gasteiger partial charge in [0.05, 0.1) is 65.2 Å². The molecule has 6 fully saturated rings. The molecule has 31 nitrogen and oxygen atoms in total. The quantitative estimate of drug-likeness (QED) is 0.115. The molecule has 4 aromatic carbocycles. The number of hydrogen-bond donors (Lipinski definition) is 2. The Labute approximate surface area is 768 Å². The maximum Gasteiger partial charge on any atom is 0.227 e. The Morgan fingerprint density at radius 1 is 0.371 bits per heavy atom. The Hall–Kier alpha value is -12.3. The molecule has 0 spiro atoms. The van der Waals surface area contributed by atoms with Gasteiger partial charge in [0.25, 0.3) is 0 Å². The third kappa shape index (κ3) is 18.0. The number of rotatable bonds is 12. The highest BCUT2D eigenvalue weighted by atomic mass is 16.5. The first-order valence-electron chi connectivity index (χ1n) is 47.4. The number of ether oxygens (including phenoxy) is 4. The normalized spacial score (nSPS) is 19.6. The van der Waals surface area contributed by atoms with Crippen molar-refractivity contribution in [1.29, 1.82) is 0 Å². The Bertz CT molecular complexity index is 6000. The molecule has 11 aliphatic rings. The Kier molecular flexibility index (Phi) is 26.2. The zero-order valence-electron chi connectivity index (χ0n) is 76.9. The van der Waals surface area contributed by atoms with Crippen molar-refractivity contribution in [3.8, 4) is 45.0 Å². The first kappa shape index (κ1) is 88.9. The first-order chi connectivity index (χ1) is 64.3. The number of hydrogen-bond acceptors (Lipinski definition) is 20. The van der Waals surface area contributed by atoms with Crippen molar-refractivity contribution in [3.63, 3.8) is 0 Å². The number of likely N-dealkylation sites (N-methyl/N-ethyl adjacent to an activating group) is 1. The highest BCUT2D eigenvalue weighted by Crippen LogP contribution is 2.45. The van der Waals surface area contributed by atoms with Gasteiger partial charge in [-0.3, -0.25) is 57.3 Å². The summed E-state index contributed by atoms with van der Waals surface area (Å²) >= 11 is 0. The highest BCUT2D eigenvalue weighted by Gasteiger charge is 2.39. The van der Waals surface area contributed by atoms with Crippen molar-refractivity contribution >= 4 is 85.3 Å². The summed E-state index contributed by atoms with van der Waals surface area (Å²) in [5, 5.41) is 32.7. The molecular formula is C101H120N20O11. The van der Waals surface area contributed by atoms with E-state index < -0.39 is 0 Å². The summed E-state index contributed by atoms with van der Waals surface area (Å²) in [7, 11) is 5.24. The molecule has 0 unspecified atom stereocenters. The molecule has 11 aliphatic heterocycles. The van der Waals surface area contributed by atoms with Gasteiger partial charge in [0.2, 0.25) is 41.4 Å². The van der Waals surface area contributed by atoms with Crippen LogP contribution in [0.15, 0.2) is 116 Å². The number of benzene rings is 4. The number of anilines is 2. The van der Waals surface area contributed by atoms with Crippen LogP contribution in [-0.4, -0.2) is 246 Å². The van der Waals surface area contributed by atoms with E-state index in [2.05, 4.69) is 129 Å². The molecule has 132 heavy (non-hydrogen) atoms. The van der Waals surface area contributed by atoms with E-state index in [1.165, 1.54) is 33.9 Å². The minimum absolute atomic E-state index is 0.00118. The van der Waals surface area contributed by atoms with E-state index in [4.69, 9.17) is 49.3 Å². The molecule has 2 N–H and O–H groups in total. The van der Waals surface area contributed by atoms with E-state index in [1.807, 2.05) is 57.5 Å². The molecule has 22 rings (SSSR count). The molecular weight excluding hydrogens is 1670 g/mol. The fourth-order valence-electron chi connectivity index (χ4n) is 21.7. The number of nitrogens with zero attached hydrogens (tertiary/aromatic N) is 18. The summed E-state index contributed by atoms with van der Waals surface area (Å²) in [5.74, 6) is 2.52. The minimum Gasteiger partial charge on any atom is -0.381 e. The number of amides is 7.